The monoisotopic (exact) mass is 407 g/mol. The number of halogens is 2. The van der Waals surface area contributed by atoms with Gasteiger partial charge in [-0.05, 0) is 23.8 Å². The molecule has 2 heterocycles. The zero-order chi connectivity index (χ0) is 19.4. The van der Waals surface area contributed by atoms with Gasteiger partial charge in [0.2, 0.25) is 0 Å². The van der Waals surface area contributed by atoms with E-state index in [1.165, 1.54) is 13.3 Å². The minimum atomic E-state index is -0.601. The van der Waals surface area contributed by atoms with Crippen molar-refractivity contribution in [2.45, 2.75) is 6.04 Å². The van der Waals surface area contributed by atoms with Crippen LogP contribution in [0.25, 0.3) is 0 Å². The lowest BCUT2D eigenvalue weighted by Crippen LogP contribution is -2.51. The van der Waals surface area contributed by atoms with E-state index < -0.39 is 6.04 Å². The number of rotatable bonds is 4. The van der Waals surface area contributed by atoms with Crippen LogP contribution in [0.4, 0.5) is 0 Å². The largest absolute Gasteiger partial charge is 0.468 e. The first-order chi connectivity index (χ1) is 13.0. The van der Waals surface area contributed by atoms with Gasteiger partial charge >= 0.3 is 5.97 Å². The van der Waals surface area contributed by atoms with Gasteiger partial charge in [0.1, 0.15) is 11.2 Å². The normalized spacial score (nSPS) is 16.0. The van der Waals surface area contributed by atoms with Crippen LogP contribution in [0.3, 0.4) is 0 Å². The highest BCUT2D eigenvalue weighted by Crippen LogP contribution is 2.29. The maximum atomic E-state index is 12.7. The fraction of sp³-hybridized carbons (Fsp3) is 0.316. The molecule has 1 aromatic carbocycles. The average Bonchev–Trinajstić information content (AvgIpc) is 2.69. The molecule has 1 fully saturated rings. The van der Waals surface area contributed by atoms with Gasteiger partial charge in [-0.1, -0.05) is 41.4 Å². The van der Waals surface area contributed by atoms with Gasteiger partial charge in [-0.2, -0.15) is 0 Å². The first-order valence-corrected chi connectivity index (χ1v) is 9.24. The molecule has 1 aromatic heterocycles. The van der Waals surface area contributed by atoms with Gasteiger partial charge in [0.25, 0.3) is 5.91 Å². The van der Waals surface area contributed by atoms with Crippen LogP contribution in [0, 0.1) is 0 Å². The standard InChI is InChI=1S/C19H19Cl2N3O3/c1-27-19(26)17(14-4-2-3-5-15(14)20)23-8-10-24(11-9-23)18(25)13-6-7-22-16(21)12-13/h2-7,12,17H,8-11H2,1H3. The molecule has 1 aliphatic heterocycles. The SMILES string of the molecule is COC(=O)C(c1ccccc1Cl)N1CCN(C(=O)c2ccnc(Cl)c2)CC1. The molecule has 3 rings (SSSR count). The summed E-state index contributed by atoms with van der Waals surface area (Å²) in [5.41, 5.74) is 1.20. The zero-order valence-electron chi connectivity index (χ0n) is 14.8. The number of aromatic nitrogens is 1. The summed E-state index contributed by atoms with van der Waals surface area (Å²) < 4.78 is 4.99. The van der Waals surface area contributed by atoms with Gasteiger partial charge in [0.15, 0.2) is 0 Å². The third-order valence-electron chi connectivity index (χ3n) is 4.56. The lowest BCUT2D eigenvalue weighted by atomic mass is 10.0. The number of hydrogen-bond acceptors (Lipinski definition) is 5. The van der Waals surface area contributed by atoms with Crippen molar-refractivity contribution >= 4 is 35.1 Å². The highest BCUT2D eigenvalue weighted by Gasteiger charge is 2.33. The van der Waals surface area contributed by atoms with Crippen molar-refractivity contribution in [1.82, 2.24) is 14.8 Å². The van der Waals surface area contributed by atoms with Crippen molar-refractivity contribution in [2.75, 3.05) is 33.3 Å². The fourth-order valence-electron chi connectivity index (χ4n) is 3.18. The molecule has 1 unspecified atom stereocenters. The van der Waals surface area contributed by atoms with Gasteiger partial charge in [-0.3, -0.25) is 9.69 Å². The van der Waals surface area contributed by atoms with Gasteiger partial charge in [-0.15, -0.1) is 0 Å². The second kappa shape index (κ2) is 8.69. The van der Waals surface area contributed by atoms with Crippen LogP contribution >= 0.6 is 23.2 Å². The van der Waals surface area contributed by atoms with Crippen LogP contribution in [-0.4, -0.2) is 59.9 Å². The lowest BCUT2D eigenvalue weighted by Gasteiger charge is -2.38. The maximum absolute atomic E-state index is 12.7. The van der Waals surface area contributed by atoms with Gasteiger partial charge in [-0.25, -0.2) is 9.78 Å². The molecule has 0 N–H and O–H groups in total. The van der Waals surface area contributed by atoms with Crippen LogP contribution in [0.15, 0.2) is 42.6 Å². The van der Waals surface area contributed by atoms with Crippen LogP contribution < -0.4 is 0 Å². The summed E-state index contributed by atoms with van der Waals surface area (Å²) >= 11 is 12.2. The summed E-state index contributed by atoms with van der Waals surface area (Å²) in [4.78, 5) is 32.7. The summed E-state index contributed by atoms with van der Waals surface area (Å²) in [6, 6.07) is 9.82. The topological polar surface area (TPSA) is 62.7 Å². The van der Waals surface area contributed by atoms with Crippen molar-refractivity contribution in [1.29, 1.82) is 0 Å². The van der Waals surface area contributed by atoms with Crippen LogP contribution in [0.1, 0.15) is 22.0 Å². The van der Waals surface area contributed by atoms with E-state index in [-0.39, 0.29) is 17.0 Å². The number of nitrogens with zero attached hydrogens (tertiary/aromatic N) is 3. The minimum Gasteiger partial charge on any atom is -0.468 e. The number of hydrogen-bond donors (Lipinski definition) is 0. The lowest BCUT2D eigenvalue weighted by molar-refractivity contribution is -0.148. The molecule has 1 aliphatic rings. The molecule has 0 saturated carbocycles. The molecule has 6 nitrogen and oxygen atoms in total. The van der Waals surface area contributed by atoms with E-state index in [0.29, 0.717) is 42.3 Å². The molecule has 1 saturated heterocycles. The Morgan fingerprint density at radius 2 is 1.81 bits per heavy atom. The summed E-state index contributed by atoms with van der Waals surface area (Å²) in [6.07, 6.45) is 1.51. The van der Waals surface area contributed by atoms with Crippen LogP contribution in [0.5, 0.6) is 0 Å². The number of ether oxygens (including phenoxy) is 1. The molecule has 2 aromatic rings. The molecular weight excluding hydrogens is 389 g/mol. The number of methoxy groups -OCH3 is 1. The molecule has 27 heavy (non-hydrogen) atoms. The second-order valence-electron chi connectivity index (χ2n) is 6.14. The second-order valence-corrected chi connectivity index (χ2v) is 6.94. The Morgan fingerprint density at radius 1 is 1.11 bits per heavy atom. The Hall–Kier alpha value is -2.15. The smallest absolute Gasteiger partial charge is 0.327 e. The Kier molecular flexibility index (Phi) is 6.31. The van der Waals surface area contributed by atoms with Crippen molar-refractivity contribution in [2.24, 2.45) is 0 Å². The molecule has 142 valence electrons. The van der Waals surface area contributed by atoms with Gasteiger partial charge < -0.3 is 9.64 Å². The molecular formula is C19H19Cl2N3O3. The number of amides is 1. The first kappa shape index (κ1) is 19.6. The van der Waals surface area contributed by atoms with E-state index in [1.54, 1.807) is 23.1 Å². The van der Waals surface area contributed by atoms with E-state index in [2.05, 4.69) is 4.98 Å². The predicted octanol–water partition coefficient (Wildman–Crippen LogP) is 3.06. The van der Waals surface area contributed by atoms with Gasteiger partial charge in [0.05, 0.1) is 7.11 Å². The molecule has 0 aliphatic carbocycles. The highest BCUT2D eigenvalue weighted by atomic mass is 35.5. The minimum absolute atomic E-state index is 0.105. The third kappa shape index (κ3) is 4.40. The van der Waals surface area contributed by atoms with Crippen LogP contribution in [0.2, 0.25) is 10.2 Å². The third-order valence-corrected chi connectivity index (χ3v) is 5.12. The zero-order valence-corrected chi connectivity index (χ0v) is 16.3. The number of benzene rings is 1. The quantitative estimate of drug-likeness (QED) is 0.575. The van der Waals surface area contributed by atoms with Crippen molar-refractivity contribution in [3.63, 3.8) is 0 Å². The Balaban J connectivity index is 1.73. The van der Waals surface area contributed by atoms with E-state index >= 15 is 0 Å². The Labute approximate surface area is 167 Å². The number of carbonyl (C=O) groups excluding carboxylic acids is 2. The summed E-state index contributed by atoms with van der Waals surface area (Å²) in [5.74, 6) is -0.477. The van der Waals surface area contributed by atoms with E-state index in [0.717, 1.165) is 0 Å². The molecule has 8 heteroatoms. The molecule has 0 radical (unpaired) electrons. The maximum Gasteiger partial charge on any atom is 0.327 e. The number of carbonyl (C=O) groups is 2. The number of piperazine rings is 1. The van der Waals surface area contributed by atoms with E-state index in [4.69, 9.17) is 27.9 Å². The number of esters is 1. The van der Waals surface area contributed by atoms with Crippen molar-refractivity contribution in [3.8, 4) is 0 Å². The van der Waals surface area contributed by atoms with E-state index in [1.807, 2.05) is 23.1 Å². The summed E-state index contributed by atoms with van der Waals surface area (Å²) in [7, 11) is 1.36. The Morgan fingerprint density at radius 3 is 2.44 bits per heavy atom. The van der Waals surface area contributed by atoms with E-state index in [9.17, 15) is 9.59 Å². The highest BCUT2D eigenvalue weighted by molar-refractivity contribution is 6.31. The molecule has 0 spiro atoms. The van der Waals surface area contributed by atoms with Gasteiger partial charge in [0, 0.05) is 43.0 Å². The average molecular weight is 408 g/mol. The first-order valence-electron chi connectivity index (χ1n) is 8.48. The molecule has 1 amide bonds. The molecule has 0 bridgehead atoms. The summed E-state index contributed by atoms with van der Waals surface area (Å²) in [5, 5.41) is 0.793. The molecule has 1 atom stereocenters. The Bertz CT molecular complexity index is 838. The van der Waals surface area contributed by atoms with Crippen molar-refractivity contribution in [3.05, 3.63) is 63.9 Å². The van der Waals surface area contributed by atoms with Crippen LogP contribution in [-0.2, 0) is 9.53 Å². The predicted molar refractivity (Wildman–Crippen MR) is 103 cm³/mol. The fourth-order valence-corrected chi connectivity index (χ4v) is 3.60. The number of pyridine rings is 1. The van der Waals surface area contributed by atoms with Crippen molar-refractivity contribution < 1.29 is 14.3 Å². The summed E-state index contributed by atoms with van der Waals surface area (Å²) in [6.45, 7) is 2.01.